The number of ether oxygens (including phenoxy) is 2. The van der Waals surface area contributed by atoms with Crippen molar-refractivity contribution in [2.75, 3.05) is 5.73 Å². The van der Waals surface area contributed by atoms with Crippen LogP contribution in [0.3, 0.4) is 0 Å². The molecule has 122 valence electrons. The van der Waals surface area contributed by atoms with Crippen LogP contribution in [0.2, 0.25) is 0 Å². The molecule has 0 spiro atoms. The van der Waals surface area contributed by atoms with Crippen molar-refractivity contribution < 1.29 is 19.1 Å². The van der Waals surface area contributed by atoms with E-state index in [1.807, 2.05) is 0 Å². The number of rotatable bonds is 3. The second-order valence-electron chi connectivity index (χ2n) is 7.13. The fraction of sp³-hybridized carbons (Fsp3) is 0.529. The number of nitrogens with two attached hydrogens (primary N) is 1. The topological polar surface area (TPSA) is 78.6 Å². The summed E-state index contributed by atoms with van der Waals surface area (Å²) in [5.41, 5.74) is 5.24. The van der Waals surface area contributed by atoms with E-state index in [4.69, 9.17) is 15.2 Å². The summed E-state index contributed by atoms with van der Waals surface area (Å²) in [5.74, 6) is -2.53. The van der Waals surface area contributed by atoms with E-state index in [1.165, 1.54) is 0 Å². The fourth-order valence-corrected chi connectivity index (χ4v) is 1.85. The normalized spacial score (nSPS) is 12.1. The Labute approximate surface area is 131 Å². The first-order chi connectivity index (χ1) is 9.91. The monoisotopic (exact) mass is 307 g/mol. The Hall–Kier alpha value is -2.04. The first-order valence-corrected chi connectivity index (χ1v) is 7.21. The highest BCUT2D eigenvalue weighted by Gasteiger charge is 2.37. The van der Waals surface area contributed by atoms with Crippen LogP contribution in [0.1, 0.15) is 53.0 Å². The molecule has 1 aromatic rings. The van der Waals surface area contributed by atoms with Gasteiger partial charge in [-0.15, -0.1) is 0 Å². The Morgan fingerprint density at radius 3 is 1.68 bits per heavy atom. The quantitative estimate of drug-likeness (QED) is 0.527. The van der Waals surface area contributed by atoms with Gasteiger partial charge in [0.25, 0.3) is 0 Å². The van der Waals surface area contributed by atoms with Gasteiger partial charge in [-0.25, -0.2) is 0 Å². The van der Waals surface area contributed by atoms with Gasteiger partial charge in [0, 0.05) is 11.3 Å². The van der Waals surface area contributed by atoms with Crippen LogP contribution in [0, 0.1) is 0 Å². The number of hydrogen-bond acceptors (Lipinski definition) is 5. The van der Waals surface area contributed by atoms with Crippen molar-refractivity contribution in [3.63, 3.8) is 0 Å². The van der Waals surface area contributed by atoms with Crippen LogP contribution in [0.25, 0.3) is 0 Å². The summed E-state index contributed by atoms with van der Waals surface area (Å²) < 4.78 is 10.7. The van der Waals surface area contributed by atoms with E-state index in [0.29, 0.717) is 11.3 Å². The van der Waals surface area contributed by atoms with E-state index in [-0.39, 0.29) is 0 Å². The molecule has 0 heterocycles. The first kappa shape index (κ1) is 18.0. The van der Waals surface area contributed by atoms with Gasteiger partial charge in [-0.1, -0.05) is 18.2 Å². The first-order valence-electron chi connectivity index (χ1n) is 7.21. The molecule has 1 aromatic carbocycles. The van der Waals surface area contributed by atoms with E-state index in [2.05, 4.69) is 0 Å². The van der Waals surface area contributed by atoms with E-state index >= 15 is 0 Å². The highest BCUT2D eigenvalue weighted by Crippen LogP contribution is 2.28. The molecule has 0 bridgehead atoms. The van der Waals surface area contributed by atoms with Crippen LogP contribution in [-0.4, -0.2) is 23.1 Å². The smallest absolute Gasteiger partial charge is 0.325 e. The van der Waals surface area contributed by atoms with Crippen molar-refractivity contribution >= 4 is 17.6 Å². The Morgan fingerprint density at radius 1 is 0.909 bits per heavy atom. The zero-order chi connectivity index (χ0) is 17.1. The van der Waals surface area contributed by atoms with Crippen LogP contribution in [0.4, 0.5) is 5.69 Å². The van der Waals surface area contributed by atoms with Crippen LogP contribution in [0.5, 0.6) is 0 Å². The summed E-state index contributed by atoms with van der Waals surface area (Å²) in [6.07, 6.45) is 0. The van der Waals surface area contributed by atoms with Gasteiger partial charge in [-0.3, -0.25) is 9.59 Å². The van der Waals surface area contributed by atoms with Gasteiger partial charge in [0.2, 0.25) is 0 Å². The predicted octanol–water partition coefficient (Wildman–Crippen LogP) is 3.04. The molecule has 0 aliphatic heterocycles. The summed E-state index contributed by atoms with van der Waals surface area (Å²) in [4.78, 5) is 24.9. The molecule has 0 aliphatic carbocycles. The summed E-state index contributed by atoms with van der Waals surface area (Å²) in [6.45, 7) is 10.4. The maximum Gasteiger partial charge on any atom is 0.325 e. The van der Waals surface area contributed by atoms with Crippen molar-refractivity contribution in [1.29, 1.82) is 0 Å². The van der Waals surface area contributed by atoms with Crippen molar-refractivity contribution in [3.05, 3.63) is 29.8 Å². The van der Waals surface area contributed by atoms with Gasteiger partial charge in [-0.05, 0) is 47.6 Å². The van der Waals surface area contributed by atoms with Crippen LogP contribution in [0.15, 0.2) is 24.3 Å². The lowest BCUT2D eigenvalue weighted by atomic mass is 9.96. The lowest BCUT2D eigenvalue weighted by Gasteiger charge is -2.26. The third-order valence-electron chi connectivity index (χ3n) is 2.59. The van der Waals surface area contributed by atoms with Crippen LogP contribution in [-0.2, 0) is 19.1 Å². The van der Waals surface area contributed by atoms with Gasteiger partial charge in [-0.2, -0.15) is 0 Å². The summed E-state index contributed by atoms with van der Waals surface area (Å²) >= 11 is 0. The molecule has 0 aromatic heterocycles. The number of esters is 2. The number of benzene rings is 1. The van der Waals surface area contributed by atoms with Crippen LogP contribution < -0.4 is 5.73 Å². The van der Waals surface area contributed by atoms with Crippen LogP contribution >= 0.6 is 0 Å². The average molecular weight is 307 g/mol. The number of carbonyl (C=O) groups is 2. The number of carbonyl (C=O) groups excluding carboxylic acids is 2. The van der Waals surface area contributed by atoms with Crippen molar-refractivity contribution in [2.24, 2.45) is 0 Å². The second-order valence-corrected chi connectivity index (χ2v) is 7.13. The molecule has 22 heavy (non-hydrogen) atoms. The molecule has 5 nitrogen and oxygen atoms in total. The molecule has 0 aliphatic rings. The molecule has 0 unspecified atom stereocenters. The largest absolute Gasteiger partial charge is 0.459 e. The fourth-order valence-electron chi connectivity index (χ4n) is 1.85. The van der Waals surface area contributed by atoms with E-state index in [1.54, 1.807) is 65.8 Å². The lowest BCUT2D eigenvalue weighted by Crippen LogP contribution is -2.35. The number of para-hydroxylation sites is 1. The van der Waals surface area contributed by atoms with Gasteiger partial charge >= 0.3 is 11.9 Å². The minimum Gasteiger partial charge on any atom is -0.459 e. The van der Waals surface area contributed by atoms with Gasteiger partial charge in [0.15, 0.2) is 5.92 Å². The molecule has 0 fully saturated rings. The summed E-state index contributed by atoms with van der Waals surface area (Å²) in [6, 6.07) is 6.72. The minimum atomic E-state index is -1.19. The molecule has 0 radical (unpaired) electrons. The van der Waals surface area contributed by atoms with Crippen molar-refractivity contribution in [2.45, 2.75) is 58.7 Å². The minimum absolute atomic E-state index is 0.351. The van der Waals surface area contributed by atoms with E-state index in [0.717, 1.165) is 0 Å². The summed E-state index contributed by atoms with van der Waals surface area (Å²) in [5, 5.41) is 0. The van der Waals surface area contributed by atoms with E-state index < -0.39 is 29.1 Å². The molecular formula is C17H25NO4. The SMILES string of the molecule is CC(C)(C)OC(=O)C(C(=O)OC(C)(C)C)c1ccccc1N. The maximum absolute atomic E-state index is 12.5. The maximum atomic E-state index is 12.5. The molecule has 0 amide bonds. The summed E-state index contributed by atoms with van der Waals surface area (Å²) in [7, 11) is 0. The molecule has 0 atom stereocenters. The third kappa shape index (κ3) is 5.39. The standard InChI is InChI=1S/C17H25NO4/c1-16(2,3)21-14(19)13(15(20)22-17(4,5)6)11-9-7-8-10-12(11)18/h7-10,13H,18H2,1-6H3. The zero-order valence-corrected chi connectivity index (χ0v) is 14.1. The molecule has 2 N–H and O–H groups in total. The lowest BCUT2D eigenvalue weighted by molar-refractivity contribution is -0.169. The average Bonchev–Trinajstić information content (AvgIpc) is 2.27. The van der Waals surface area contributed by atoms with Crippen molar-refractivity contribution in [3.8, 4) is 0 Å². The number of nitrogen functional groups attached to an aromatic ring is 1. The number of anilines is 1. The van der Waals surface area contributed by atoms with Gasteiger partial charge in [0.05, 0.1) is 0 Å². The highest BCUT2D eigenvalue weighted by atomic mass is 16.6. The second kappa shape index (κ2) is 6.38. The molecule has 0 saturated heterocycles. The predicted molar refractivity (Wildman–Crippen MR) is 85.3 cm³/mol. The van der Waals surface area contributed by atoms with Gasteiger partial charge in [0.1, 0.15) is 11.2 Å². The molecule has 1 rings (SSSR count). The Balaban J connectivity index is 3.19. The molecule has 0 saturated carbocycles. The number of hydrogen-bond donors (Lipinski definition) is 1. The third-order valence-corrected chi connectivity index (χ3v) is 2.59. The van der Waals surface area contributed by atoms with E-state index in [9.17, 15) is 9.59 Å². The van der Waals surface area contributed by atoms with Crippen molar-refractivity contribution in [1.82, 2.24) is 0 Å². The Kier molecular flexibility index (Phi) is 5.22. The van der Waals surface area contributed by atoms with Gasteiger partial charge < -0.3 is 15.2 Å². The molecular weight excluding hydrogens is 282 g/mol. The zero-order valence-electron chi connectivity index (χ0n) is 14.1. The Bertz CT molecular complexity index is 525. The highest BCUT2D eigenvalue weighted by molar-refractivity contribution is 6.02. The molecule has 5 heteroatoms. The Morgan fingerprint density at radius 2 is 1.32 bits per heavy atom.